The number of carbonyl (C=O) groups is 2. The number of esters is 2. The van der Waals surface area contributed by atoms with Gasteiger partial charge in [0.15, 0.2) is 0 Å². The Kier molecular flexibility index (Phi) is 8.02. The predicted molar refractivity (Wildman–Crippen MR) is 146 cm³/mol. The van der Waals surface area contributed by atoms with Crippen LogP contribution in [0.1, 0.15) is 73.4 Å². The summed E-state index contributed by atoms with van der Waals surface area (Å²) in [5, 5.41) is -0.222. The van der Waals surface area contributed by atoms with Crippen LogP contribution in [0.3, 0.4) is 0 Å². The third kappa shape index (κ3) is 5.85. The fraction of sp³-hybridized carbons (Fsp3) is 0.414. The average Bonchev–Trinajstić information content (AvgIpc) is 3.66. The highest BCUT2D eigenvalue weighted by molar-refractivity contribution is 6.34. The molecule has 0 saturated heterocycles. The van der Waals surface area contributed by atoms with E-state index >= 15 is 0 Å². The molecule has 2 aromatic heterocycles. The van der Waals surface area contributed by atoms with Gasteiger partial charge in [-0.05, 0) is 44.4 Å². The fourth-order valence-electron chi connectivity index (χ4n) is 4.90. The molecule has 3 heterocycles. The van der Waals surface area contributed by atoms with Crippen molar-refractivity contribution in [3.63, 3.8) is 0 Å². The topological polar surface area (TPSA) is 105 Å². The maximum absolute atomic E-state index is 13.3. The molecule has 2 aliphatic rings. The monoisotopic (exact) mass is 604 g/mol. The standard InChI is InChI=1S/C29H28ClF3N4O5/c1-4-13-40-27(39)28(10-11-28)42-22(38)9-8-19-26-35-15-16(2)37(26)20-14-21(41-29(31,32)33)24(30)17(3)23(20)25(36-19)18-7-5-6-12-34-18/h5-7,12,14-15,19H,4,8-11,13H2,1-3H3/t19-/m0/s1. The van der Waals surface area contributed by atoms with E-state index in [9.17, 15) is 22.8 Å². The number of imidazole rings is 1. The molecule has 0 bridgehead atoms. The van der Waals surface area contributed by atoms with Crippen LogP contribution in [0.5, 0.6) is 5.75 Å². The van der Waals surface area contributed by atoms with Crippen molar-refractivity contribution in [2.24, 2.45) is 4.99 Å². The molecule has 13 heteroatoms. The Hall–Kier alpha value is -3.93. The number of hydrogen-bond donors (Lipinski definition) is 0. The van der Waals surface area contributed by atoms with Gasteiger partial charge in [0, 0.05) is 49.0 Å². The number of aliphatic imine (C=N–C) groups is 1. The quantitative estimate of drug-likeness (QED) is 0.270. The maximum Gasteiger partial charge on any atom is 0.573 e. The van der Waals surface area contributed by atoms with E-state index in [-0.39, 0.29) is 24.5 Å². The Labute approximate surface area is 244 Å². The first-order valence-electron chi connectivity index (χ1n) is 13.5. The van der Waals surface area contributed by atoms with Crippen LogP contribution in [0.4, 0.5) is 13.2 Å². The first kappa shape index (κ1) is 29.6. The van der Waals surface area contributed by atoms with Gasteiger partial charge in [0.25, 0.3) is 0 Å². The molecule has 0 unspecified atom stereocenters. The second-order valence-corrected chi connectivity index (χ2v) is 10.6. The van der Waals surface area contributed by atoms with E-state index in [1.807, 2.05) is 6.92 Å². The highest BCUT2D eigenvalue weighted by Crippen LogP contribution is 2.43. The zero-order valence-corrected chi connectivity index (χ0v) is 23.9. The summed E-state index contributed by atoms with van der Waals surface area (Å²) < 4.78 is 56.6. The molecule has 1 atom stereocenters. The molecule has 0 N–H and O–H groups in total. The van der Waals surface area contributed by atoms with Gasteiger partial charge in [-0.3, -0.25) is 19.3 Å². The van der Waals surface area contributed by atoms with Crippen LogP contribution < -0.4 is 4.74 Å². The number of benzene rings is 1. The highest BCUT2D eigenvalue weighted by Gasteiger charge is 2.55. The summed E-state index contributed by atoms with van der Waals surface area (Å²) in [6.07, 6.45) is -0.342. The summed E-state index contributed by atoms with van der Waals surface area (Å²) in [5.41, 5.74) is 1.28. The van der Waals surface area contributed by atoms with Gasteiger partial charge in [0.05, 0.1) is 28.7 Å². The smallest absolute Gasteiger partial charge is 0.463 e. The van der Waals surface area contributed by atoms with E-state index in [1.54, 1.807) is 49.0 Å². The van der Waals surface area contributed by atoms with Crippen molar-refractivity contribution in [2.75, 3.05) is 6.61 Å². The maximum atomic E-state index is 13.3. The zero-order chi connectivity index (χ0) is 30.2. The number of aromatic nitrogens is 3. The summed E-state index contributed by atoms with van der Waals surface area (Å²) in [6.45, 7) is 5.45. The van der Waals surface area contributed by atoms with Gasteiger partial charge in [0.2, 0.25) is 5.60 Å². The molecular formula is C29H28ClF3N4O5. The van der Waals surface area contributed by atoms with Crippen molar-refractivity contribution in [3.05, 3.63) is 70.0 Å². The minimum absolute atomic E-state index is 0.100. The zero-order valence-electron chi connectivity index (χ0n) is 23.1. The van der Waals surface area contributed by atoms with Crippen LogP contribution >= 0.6 is 11.6 Å². The molecule has 1 fully saturated rings. The van der Waals surface area contributed by atoms with Gasteiger partial charge >= 0.3 is 18.3 Å². The van der Waals surface area contributed by atoms with Gasteiger partial charge in [-0.15, -0.1) is 13.2 Å². The summed E-state index contributed by atoms with van der Waals surface area (Å²) >= 11 is 6.42. The van der Waals surface area contributed by atoms with Crippen molar-refractivity contribution in [2.45, 2.75) is 70.9 Å². The van der Waals surface area contributed by atoms with Crippen LogP contribution in [0.2, 0.25) is 5.02 Å². The average molecular weight is 605 g/mol. The van der Waals surface area contributed by atoms with Crippen molar-refractivity contribution in [1.29, 1.82) is 0 Å². The molecule has 1 saturated carbocycles. The van der Waals surface area contributed by atoms with Crippen LogP contribution in [-0.4, -0.2) is 50.8 Å². The Morgan fingerprint density at radius 3 is 2.60 bits per heavy atom. The number of nitrogens with zero attached hydrogens (tertiary/aromatic N) is 4. The lowest BCUT2D eigenvalue weighted by molar-refractivity contribution is -0.274. The molecule has 0 radical (unpaired) electrons. The number of ether oxygens (including phenoxy) is 3. The minimum atomic E-state index is -4.97. The van der Waals surface area contributed by atoms with Crippen LogP contribution in [0, 0.1) is 13.8 Å². The van der Waals surface area contributed by atoms with E-state index < -0.39 is 35.7 Å². The van der Waals surface area contributed by atoms with Crippen LogP contribution in [-0.2, 0) is 19.1 Å². The van der Waals surface area contributed by atoms with Gasteiger partial charge < -0.3 is 14.2 Å². The van der Waals surface area contributed by atoms with E-state index in [1.165, 1.54) is 6.07 Å². The third-order valence-corrected chi connectivity index (χ3v) is 7.52. The van der Waals surface area contributed by atoms with Crippen molar-refractivity contribution in [1.82, 2.24) is 14.5 Å². The van der Waals surface area contributed by atoms with Crippen LogP contribution in [0.25, 0.3) is 5.69 Å². The number of pyridine rings is 1. The molecule has 1 aliphatic heterocycles. The van der Waals surface area contributed by atoms with Crippen molar-refractivity contribution in [3.8, 4) is 11.4 Å². The number of aryl methyl sites for hydroxylation is 1. The second kappa shape index (κ2) is 11.4. The van der Waals surface area contributed by atoms with Crippen molar-refractivity contribution < 1.29 is 37.0 Å². The lowest BCUT2D eigenvalue weighted by Gasteiger charge is -2.20. The molecule has 0 spiro atoms. The number of carbonyl (C=O) groups excluding carboxylic acids is 2. The third-order valence-electron chi connectivity index (χ3n) is 7.05. The fourth-order valence-corrected chi connectivity index (χ4v) is 5.09. The molecule has 1 aliphatic carbocycles. The largest absolute Gasteiger partial charge is 0.573 e. The predicted octanol–water partition coefficient (Wildman–Crippen LogP) is 6.14. The van der Waals surface area contributed by atoms with Crippen LogP contribution in [0.15, 0.2) is 41.7 Å². The minimum Gasteiger partial charge on any atom is -0.463 e. The molecule has 0 amide bonds. The number of rotatable bonds is 9. The number of fused-ring (bicyclic) bond motifs is 3. The number of alkyl halides is 3. The van der Waals surface area contributed by atoms with Gasteiger partial charge in [0.1, 0.15) is 17.6 Å². The lowest BCUT2D eigenvalue weighted by atomic mass is 9.98. The molecule has 222 valence electrons. The summed E-state index contributed by atoms with van der Waals surface area (Å²) in [5.74, 6) is -1.30. The summed E-state index contributed by atoms with van der Waals surface area (Å²) in [6, 6.07) is 5.70. The van der Waals surface area contributed by atoms with E-state index in [4.69, 9.17) is 26.1 Å². The van der Waals surface area contributed by atoms with Crippen molar-refractivity contribution >= 4 is 29.3 Å². The Morgan fingerprint density at radius 1 is 1.19 bits per heavy atom. The lowest BCUT2D eigenvalue weighted by Crippen LogP contribution is -2.31. The molecule has 1 aromatic carbocycles. The van der Waals surface area contributed by atoms with Gasteiger partial charge in [-0.25, -0.2) is 9.78 Å². The molecule has 42 heavy (non-hydrogen) atoms. The van der Waals surface area contributed by atoms with E-state index in [0.29, 0.717) is 59.0 Å². The molecule has 3 aromatic rings. The van der Waals surface area contributed by atoms with Gasteiger partial charge in [-0.2, -0.15) is 0 Å². The summed E-state index contributed by atoms with van der Waals surface area (Å²) in [7, 11) is 0. The SMILES string of the molecule is CCCOC(=O)C1(OC(=O)CC[C@@H]2N=C(c3ccccn3)c3c(cc(OC(F)(F)F)c(Cl)c3C)-n3c(C)cnc32)CC1. The Bertz CT molecular complexity index is 1550. The molecular weight excluding hydrogens is 577 g/mol. The first-order valence-corrected chi connectivity index (χ1v) is 13.8. The first-order chi connectivity index (χ1) is 19.9. The van der Waals surface area contributed by atoms with E-state index in [0.717, 1.165) is 0 Å². The van der Waals surface area contributed by atoms with Gasteiger partial charge in [-0.1, -0.05) is 24.6 Å². The molecule has 9 nitrogen and oxygen atoms in total. The highest BCUT2D eigenvalue weighted by atomic mass is 35.5. The normalized spacial score (nSPS) is 16.9. The second-order valence-electron chi connectivity index (χ2n) is 10.2. The molecule has 5 rings (SSSR count). The number of hydrogen-bond acceptors (Lipinski definition) is 8. The van der Waals surface area contributed by atoms with E-state index in [2.05, 4.69) is 14.7 Å². The number of halogens is 4. The Morgan fingerprint density at radius 2 is 1.95 bits per heavy atom. The summed E-state index contributed by atoms with van der Waals surface area (Å²) in [4.78, 5) is 39.2. The Balaban J connectivity index is 1.54.